The van der Waals surface area contributed by atoms with Crippen LogP contribution in [0, 0.1) is 23.0 Å². The summed E-state index contributed by atoms with van der Waals surface area (Å²) in [6.07, 6.45) is 0.733. The molecule has 1 aliphatic heterocycles. The van der Waals surface area contributed by atoms with E-state index < -0.39 is 20.9 Å². The van der Waals surface area contributed by atoms with Crippen molar-refractivity contribution in [3.8, 4) is 0 Å². The summed E-state index contributed by atoms with van der Waals surface area (Å²) in [7, 11) is -3.47. The molecule has 2 aromatic carbocycles. The first kappa shape index (κ1) is 22.2. The maximum absolute atomic E-state index is 12.7. The monoisotopic (exact) mass is 451 g/mol. The van der Waals surface area contributed by atoms with E-state index >= 15 is 0 Å². The second-order valence-electron chi connectivity index (χ2n) is 7.33. The van der Waals surface area contributed by atoms with Crippen LogP contribution in [0.1, 0.15) is 24.0 Å². The normalized spacial score (nSPS) is 15.7. The van der Waals surface area contributed by atoms with Gasteiger partial charge in [-0.25, -0.2) is 12.7 Å². The molecule has 1 aliphatic rings. The Morgan fingerprint density at radius 1 is 1.20 bits per heavy atom. The number of non-ortho nitro benzene ring substituents is 1. The third-order valence-corrected chi connectivity index (χ3v) is 7.29. The first-order valence-corrected chi connectivity index (χ1v) is 11.4. The molecule has 3 rings (SSSR count). The number of aryl methyl sites for hydroxylation is 1. The zero-order chi connectivity index (χ0) is 21.9. The lowest BCUT2D eigenvalue weighted by Gasteiger charge is -2.30. The summed E-state index contributed by atoms with van der Waals surface area (Å²) in [5.41, 5.74) is 1.78. The van der Waals surface area contributed by atoms with Crippen LogP contribution < -0.4 is 5.32 Å². The van der Waals surface area contributed by atoms with Gasteiger partial charge in [0.15, 0.2) is 0 Å². The highest BCUT2D eigenvalue weighted by Gasteiger charge is 2.31. The second-order valence-corrected chi connectivity index (χ2v) is 9.70. The standard InChI is InChI=1S/C20H22ClN3O5S/c1-14-2-4-15(5-3-14)13-30(28,29)23-10-8-16(9-11-23)20(25)22-19-12-17(24(26)27)6-7-18(19)21/h2-7,12,16H,8-11,13H2,1H3,(H,22,25). The Bertz CT molecular complexity index is 1050. The quantitative estimate of drug-likeness (QED) is 0.531. The number of sulfonamides is 1. The molecule has 0 radical (unpaired) electrons. The molecule has 0 atom stereocenters. The van der Waals surface area contributed by atoms with E-state index in [2.05, 4.69) is 5.32 Å². The Labute approximate surface area is 180 Å². The van der Waals surface area contributed by atoms with Crippen LogP contribution in [0.15, 0.2) is 42.5 Å². The van der Waals surface area contributed by atoms with Gasteiger partial charge in [0.25, 0.3) is 5.69 Å². The van der Waals surface area contributed by atoms with Crippen molar-refractivity contribution >= 4 is 38.9 Å². The Morgan fingerprint density at radius 2 is 1.83 bits per heavy atom. The summed E-state index contributed by atoms with van der Waals surface area (Å²) in [5, 5.41) is 13.7. The average molecular weight is 452 g/mol. The number of amides is 1. The van der Waals surface area contributed by atoms with Crippen molar-refractivity contribution in [3.05, 3.63) is 68.7 Å². The van der Waals surface area contributed by atoms with Gasteiger partial charge < -0.3 is 5.32 Å². The molecule has 10 heteroatoms. The van der Waals surface area contributed by atoms with Crippen molar-refractivity contribution in [2.45, 2.75) is 25.5 Å². The van der Waals surface area contributed by atoms with Crippen LogP contribution in [-0.2, 0) is 20.6 Å². The molecule has 1 N–H and O–H groups in total. The van der Waals surface area contributed by atoms with Crippen LogP contribution in [0.2, 0.25) is 5.02 Å². The highest BCUT2D eigenvalue weighted by atomic mass is 35.5. The van der Waals surface area contributed by atoms with Gasteiger partial charge in [0.2, 0.25) is 15.9 Å². The van der Waals surface area contributed by atoms with E-state index in [1.54, 1.807) is 12.1 Å². The van der Waals surface area contributed by atoms with Crippen molar-refractivity contribution in [2.75, 3.05) is 18.4 Å². The van der Waals surface area contributed by atoms with Crippen LogP contribution >= 0.6 is 11.6 Å². The van der Waals surface area contributed by atoms with Gasteiger partial charge in [0.05, 0.1) is 21.4 Å². The number of nitro groups is 1. The zero-order valence-corrected chi connectivity index (χ0v) is 17.9. The van der Waals surface area contributed by atoms with Gasteiger partial charge >= 0.3 is 0 Å². The van der Waals surface area contributed by atoms with E-state index in [1.165, 1.54) is 22.5 Å². The first-order chi connectivity index (χ1) is 14.2. The Morgan fingerprint density at radius 3 is 2.43 bits per heavy atom. The van der Waals surface area contributed by atoms with Crippen molar-refractivity contribution in [1.29, 1.82) is 0 Å². The number of halogens is 1. The molecule has 160 valence electrons. The van der Waals surface area contributed by atoms with Crippen molar-refractivity contribution in [1.82, 2.24) is 4.31 Å². The number of hydrogen-bond donors (Lipinski definition) is 1. The highest BCUT2D eigenvalue weighted by Crippen LogP contribution is 2.29. The molecule has 1 fully saturated rings. The van der Waals surface area contributed by atoms with Gasteiger partial charge in [-0.3, -0.25) is 14.9 Å². The Hall–Kier alpha value is -2.49. The summed E-state index contributed by atoms with van der Waals surface area (Å²) in [5.74, 6) is -0.799. The lowest BCUT2D eigenvalue weighted by Crippen LogP contribution is -2.41. The van der Waals surface area contributed by atoms with Gasteiger partial charge in [-0.2, -0.15) is 0 Å². The number of nitro benzene ring substituents is 1. The highest BCUT2D eigenvalue weighted by molar-refractivity contribution is 7.88. The average Bonchev–Trinajstić information content (AvgIpc) is 2.71. The molecule has 2 aromatic rings. The molecular formula is C20H22ClN3O5S. The van der Waals surface area contributed by atoms with E-state index in [4.69, 9.17) is 11.6 Å². The smallest absolute Gasteiger partial charge is 0.271 e. The third kappa shape index (κ3) is 5.35. The van der Waals surface area contributed by atoms with Crippen molar-refractivity contribution in [2.24, 2.45) is 5.92 Å². The largest absolute Gasteiger partial charge is 0.324 e. The Kier molecular flexibility index (Phi) is 6.74. The van der Waals surface area contributed by atoms with E-state index in [9.17, 15) is 23.3 Å². The topological polar surface area (TPSA) is 110 Å². The van der Waals surface area contributed by atoms with Crippen LogP contribution in [0.25, 0.3) is 0 Å². The molecule has 0 unspecified atom stereocenters. The molecular weight excluding hydrogens is 430 g/mol. The Balaban J connectivity index is 1.59. The van der Waals surface area contributed by atoms with Crippen LogP contribution in [-0.4, -0.2) is 36.6 Å². The fourth-order valence-corrected chi connectivity index (χ4v) is 5.07. The van der Waals surface area contributed by atoms with Gasteiger partial charge in [0, 0.05) is 31.1 Å². The minimum atomic E-state index is -3.47. The lowest BCUT2D eigenvalue weighted by atomic mass is 9.97. The minimum Gasteiger partial charge on any atom is -0.324 e. The maximum Gasteiger partial charge on any atom is 0.271 e. The molecule has 30 heavy (non-hydrogen) atoms. The fraction of sp³-hybridized carbons (Fsp3) is 0.350. The van der Waals surface area contributed by atoms with Gasteiger partial charge in [0.1, 0.15) is 0 Å². The van der Waals surface area contributed by atoms with E-state index in [0.717, 1.165) is 11.1 Å². The molecule has 0 spiro atoms. The van der Waals surface area contributed by atoms with Crippen LogP contribution in [0.5, 0.6) is 0 Å². The fourth-order valence-electron chi connectivity index (χ4n) is 3.34. The summed E-state index contributed by atoms with van der Waals surface area (Å²) in [4.78, 5) is 22.9. The number of piperidine rings is 1. The van der Waals surface area contributed by atoms with Gasteiger partial charge in [-0.15, -0.1) is 0 Å². The molecule has 1 heterocycles. The summed E-state index contributed by atoms with van der Waals surface area (Å²) >= 11 is 6.03. The van der Waals surface area contributed by atoms with Crippen molar-refractivity contribution < 1.29 is 18.1 Å². The molecule has 0 saturated carbocycles. The molecule has 0 aromatic heterocycles. The number of benzene rings is 2. The molecule has 8 nitrogen and oxygen atoms in total. The SMILES string of the molecule is Cc1ccc(CS(=O)(=O)N2CCC(C(=O)Nc3cc([N+](=O)[O-])ccc3Cl)CC2)cc1. The molecule has 1 amide bonds. The summed E-state index contributed by atoms with van der Waals surface area (Å²) in [6, 6.07) is 11.2. The molecule has 0 aliphatic carbocycles. The number of carbonyl (C=O) groups excluding carboxylic acids is 1. The predicted molar refractivity (Wildman–Crippen MR) is 115 cm³/mol. The van der Waals surface area contributed by atoms with E-state index in [1.807, 2.05) is 19.1 Å². The van der Waals surface area contributed by atoms with Crippen LogP contribution in [0.3, 0.4) is 0 Å². The second kappa shape index (κ2) is 9.11. The van der Waals surface area contributed by atoms with Crippen LogP contribution in [0.4, 0.5) is 11.4 Å². The predicted octanol–water partition coefficient (Wildman–Crippen LogP) is 3.74. The zero-order valence-electron chi connectivity index (χ0n) is 16.4. The number of nitrogens with one attached hydrogen (secondary N) is 1. The van der Waals surface area contributed by atoms with Crippen molar-refractivity contribution in [3.63, 3.8) is 0 Å². The molecule has 0 bridgehead atoms. The number of nitrogens with zero attached hydrogens (tertiary/aromatic N) is 2. The first-order valence-electron chi connectivity index (χ1n) is 9.44. The van der Waals surface area contributed by atoms with Gasteiger partial charge in [-0.05, 0) is 31.4 Å². The number of hydrogen-bond acceptors (Lipinski definition) is 5. The van der Waals surface area contributed by atoms with E-state index in [0.29, 0.717) is 12.8 Å². The number of carbonyl (C=O) groups is 1. The summed E-state index contributed by atoms with van der Waals surface area (Å²) < 4.78 is 26.8. The van der Waals surface area contributed by atoms with E-state index in [-0.39, 0.29) is 41.1 Å². The maximum atomic E-state index is 12.7. The van der Waals surface area contributed by atoms with Gasteiger partial charge in [-0.1, -0.05) is 41.4 Å². The number of rotatable bonds is 6. The minimum absolute atomic E-state index is 0.0760. The lowest BCUT2D eigenvalue weighted by molar-refractivity contribution is -0.384. The summed E-state index contributed by atoms with van der Waals surface area (Å²) in [6.45, 7) is 2.43. The molecule has 1 saturated heterocycles. The number of anilines is 1. The third-order valence-electron chi connectivity index (χ3n) is 5.11.